The van der Waals surface area contributed by atoms with E-state index in [0.717, 1.165) is 16.3 Å². The molecule has 106 valence electrons. The monoisotopic (exact) mass is 355 g/mol. The predicted octanol–water partition coefficient (Wildman–Crippen LogP) is 3.43. The van der Waals surface area contributed by atoms with E-state index >= 15 is 0 Å². The van der Waals surface area contributed by atoms with Gasteiger partial charge in [-0.25, -0.2) is 4.98 Å². The van der Waals surface area contributed by atoms with Crippen LogP contribution in [0.4, 0.5) is 0 Å². The molecule has 1 aromatic heterocycles. The summed E-state index contributed by atoms with van der Waals surface area (Å²) >= 11 is 4.82. The quantitative estimate of drug-likeness (QED) is 0.608. The summed E-state index contributed by atoms with van der Waals surface area (Å²) in [5.74, 6) is 0.357. The number of methoxy groups -OCH3 is 1. The van der Waals surface area contributed by atoms with E-state index in [-0.39, 0.29) is 12.6 Å². The van der Waals surface area contributed by atoms with Gasteiger partial charge in [-0.15, -0.1) is 11.3 Å². The van der Waals surface area contributed by atoms with E-state index in [2.05, 4.69) is 25.7 Å². The smallest absolute Gasteiger partial charge is 0.322 e. The molecule has 20 heavy (non-hydrogen) atoms. The second-order valence-corrected chi connectivity index (χ2v) is 6.08. The number of carbonyl (C=O) groups is 1. The fourth-order valence-corrected chi connectivity index (χ4v) is 2.67. The third kappa shape index (κ3) is 3.80. The average Bonchev–Trinajstić information content (AvgIpc) is 2.91. The maximum absolute atomic E-state index is 11.2. The van der Waals surface area contributed by atoms with Crippen LogP contribution >= 0.6 is 27.3 Å². The zero-order chi connectivity index (χ0) is 14.5. The zero-order valence-electron chi connectivity index (χ0n) is 11.1. The first-order valence-electron chi connectivity index (χ1n) is 5.97. The molecule has 4 nitrogen and oxygen atoms in total. The molecule has 2 rings (SSSR count). The van der Waals surface area contributed by atoms with Gasteiger partial charge in [-0.1, -0.05) is 15.9 Å². The minimum atomic E-state index is -0.464. The molecule has 0 N–H and O–H groups in total. The Bertz CT molecular complexity index is 582. The molecule has 0 aliphatic heterocycles. The molecule has 0 spiro atoms. The van der Waals surface area contributed by atoms with Crippen LogP contribution in [0, 0.1) is 6.92 Å². The number of rotatable bonds is 5. The van der Waals surface area contributed by atoms with Gasteiger partial charge < -0.3 is 9.47 Å². The summed E-state index contributed by atoms with van der Waals surface area (Å²) in [6.45, 7) is 2.20. The highest BCUT2D eigenvalue weighted by molar-refractivity contribution is 9.10. The lowest BCUT2D eigenvalue weighted by atomic mass is 10.2. The van der Waals surface area contributed by atoms with Gasteiger partial charge in [0.1, 0.15) is 22.2 Å². The molecule has 2 aromatic rings. The molecule has 0 aliphatic rings. The summed E-state index contributed by atoms with van der Waals surface area (Å²) in [7, 11) is 1.35. The minimum Gasteiger partial charge on any atom is -0.492 e. The van der Waals surface area contributed by atoms with Gasteiger partial charge in [0.25, 0.3) is 0 Å². The summed E-state index contributed by atoms with van der Waals surface area (Å²) in [5, 5.41) is 3.01. The Hall–Kier alpha value is -1.40. The SMILES string of the molecule is COC(=O)C(Br)COc1ccc(-c2nc(C)cs2)cc1. The summed E-state index contributed by atoms with van der Waals surface area (Å²) in [6.07, 6.45) is 0. The van der Waals surface area contributed by atoms with Crippen LogP contribution in [-0.2, 0) is 9.53 Å². The first kappa shape index (κ1) is 15.0. The predicted molar refractivity (Wildman–Crippen MR) is 82.5 cm³/mol. The molecule has 0 amide bonds. The maximum atomic E-state index is 11.2. The minimum absolute atomic E-state index is 0.225. The highest BCUT2D eigenvalue weighted by Gasteiger charge is 2.15. The van der Waals surface area contributed by atoms with E-state index in [1.807, 2.05) is 36.6 Å². The van der Waals surface area contributed by atoms with E-state index in [9.17, 15) is 4.79 Å². The first-order chi connectivity index (χ1) is 9.60. The molecule has 6 heteroatoms. The third-order valence-electron chi connectivity index (χ3n) is 2.57. The van der Waals surface area contributed by atoms with Gasteiger partial charge in [-0.2, -0.15) is 0 Å². The standard InChI is InChI=1S/C14H14BrNO3S/c1-9-8-20-13(16-9)10-3-5-11(6-4-10)19-7-12(15)14(17)18-2/h3-6,8,12H,7H2,1-2H3. The van der Waals surface area contributed by atoms with Gasteiger partial charge in [-0.3, -0.25) is 4.79 Å². The van der Waals surface area contributed by atoms with Crippen molar-refractivity contribution in [2.75, 3.05) is 13.7 Å². The van der Waals surface area contributed by atoms with Crippen LogP contribution in [0.2, 0.25) is 0 Å². The summed E-state index contributed by atoms with van der Waals surface area (Å²) in [6, 6.07) is 7.64. The van der Waals surface area contributed by atoms with Crippen LogP contribution < -0.4 is 4.74 Å². The number of aryl methyl sites for hydroxylation is 1. The van der Waals surface area contributed by atoms with Gasteiger partial charge in [0, 0.05) is 16.6 Å². The van der Waals surface area contributed by atoms with Crippen molar-refractivity contribution in [2.24, 2.45) is 0 Å². The number of nitrogens with zero attached hydrogens (tertiary/aromatic N) is 1. The van der Waals surface area contributed by atoms with E-state index < -0.39 is 4.83 Å². The van der Waals surface area contributed by atoms with Gasteiger partial charge in [0.05, 0.1) is 7.11 Å². The van der Waals surface area contributed by atoms with E-state index in [1.54, 1.807) is 11.3 Å². The number of alkyl halides is 1. The Morgan fingerprint density at radius 1 is 1.40 bits per heavy atom. The zero-order valence-corrected chi connectivity index (χ0v) is 13.5. The third-order valence-corrected chi connectivity index (χ3v) is 4.22. The maximum Gasteiger partial charge on any atom is 0.322 e. The Balaban J connectivity index is 1.97. The van der Waals surface area contributed by atoms with E-state index in [1.165, 1.54) is 7.11 Å². The largest absolute Gasteiger partial charge is 0.492 e. The van der Waals surface area contributed by atoms with Crippen molar-refractivity contribution >= 4 is 33.2 Å². The van der Waals surface area contributed by atoms with Crippen molar-refractivity contribution in [1.29, 1.82) is 0 Å². The number of carbonyl (C=O) groups excluding carboxylic acids is 1. The van der Waals surface area contributed by atoms with Crippen molar-refractivity contribution < 1.29 is 14.3 Å². The Morgan fingerprint density at radius 3 is 2.65 bits per heavy atom. The number of thiazole rings is 1. The number of hydrogen-bond donors (Lipinski definition) is 0. The number of benzene rings is 1. The van der Waals surface area contributed by atoms with Gasteiger partial charge in [0.15, 0.2) is 0 Å². The molecule has 0 radical (unpaired) electrons. The fourth-order valence-electron chi connectivity index (χ4n) is 1.55. The molecule has 0 saturated carbocycles. The number of ether oxygens (including phenoxy) is 2. The number of hydrogen-bond acceptors (Lipinski definition) is 5. The summed E-state index contributed by atoms with van der Waals surface area (Å²) in [5.41, 5.74) is 2.07. The van der Waals surface area contributed by atoms with Crippen molar-refractivity contribution in [2.45, 2.75) is 11.8 Å². The average molecular weight is 356 g/mol. The molecule has 0 bridgehead atoms. The van der Waals surface area contributed by atoms with Gasteiger partial charge in [0.2, 0.25) is 0 Å². The Morgan fingerprint density at radius 2 is 2.10 bits per heavy atom. The van der Waals surface area contributed by atoms with Crippen LogP contribution in [0.3, 0.4) is 0 Å². The second-order valence-electron chi connectivity index (χ2n) is 4.12. The lowest BCUT2D eigenvalue weighted by molar-refractivity contribution is -0.140. The van der Waals surface area contributed by atoms with E-state index in [4.69, 9.17) is 4.74 Å². The molecule has 1 aromatic carbocycles. The number of esters is 1. The second kappa shape index (κ2) is 6.85. The normalized spacial score (nSPS) is 11.9. The highest BCUT2D eigenvalue weighted by Crippen LogP contribution is 2.25. The lowest BCUT2D eigenvalue weighted by Crippen LogP contribution is -2.22. The summed E-state index contributed by atoms with van der Waals surface area (Å²) in [4.78, 5) is 15.2. The van der Waals surface area contributed by atoms with Crippen LogP contribution in [-0.4, -0.2) is 29.5 Å². The van der Waals surface area contributed by atoms with Crippen molar-refractivity contribution in [3.05, 3.63) is 35.3 Å². The fraction of sp³-hybridized carbons (Fsp3) is 0.286. The van der Waals surface area contributed by atoms with Crippen LogP contribution in [0.25, 0.3) is 10.6 Å². The van der Waals surface area contributed by atoms with Gasteiger partial charge >= 0.3 is 5.97 Å². The molecule has 1 unspecified atom stereocenters. The van der Waals surface area contributed by atoms with Crippen molar-refractivity contribution in [3.8, 4) is 16.3 Å². The molecule has 0 saturated heterocycles. The van der Waals surface area contributed by atoms with Crippen LogP contribution in [0.5, 0.6) is 5.75 Å². The number of aromatic nitrogens is 1. The lowest BCUT2D eigenvalue weighted by Gasteiger charge is -2.10. The van der Waals surface area contributed by atoms with Crippen LogP contribution in [0.1, 0.15) is 5.69 Å². The molecular formula is C14H14BrNO3S. The summed E-state index contributed by atoms with van der Waals surface area (Å²) < 4.78 is 10.1. The topological polar surface area (TPSA) is 48.4 Å². The van der Waals surface area contributed by atoms with Gasteiger partial charge in [-0.05, 0) is 31.2 Å². The molecular weight excluding hydrogens is 342 g/mol. The van der Waals surface area contributed by atoms with Crippen LogP contribution in [0.15, 0.2) is 29.6 Å². The number of halogens is 1. The molecule has 1 heterocycles. The molecule has 0 fully saturated rings. The van der Waals surface area contributed by atoms with Crippen molar-refractivity contribution in [3.63, 3.8) is 0 Å². The molecule has 1 atom stereocenters. The molecule has 0 aliphatic carbocycles. The first-order valence-corrected chi connectivity index (χ1v) is 7.77. The highest BCUT2D eigenvalue weighted by atomic mass is 79.9. The Kier molecular flexibility index (Phi) is 5.14. The van der Waals surface area contributed by atoms with E-state index in [0.29, 0.717) is 5.75 Å². The Labute approximate surface area is 129 Å². The van der Waals surface area contributed by atoms with Crippen molar-refractivity contribution in [1.82, 2.24) is 4.98 Å².